The Balaban J connectivity index is 2.28. The van der Waals surface area contributed by atoms with E-state index >= 15 is 0 Å². The van der Waals surface area contributed by atoms with Crippen LogP contribution in [0.4, 0.5) is 0 Å². The molecule has 0 saturated carbocycles. The molecule has 6 heteroatoms. The minimum Gasteiger partial charge on any atom is -0.292 e. The number of carbonyl (C=O) groups excluding carboxylic acids is 1. The molecule has 0 aliphatic rings. The van der Waals surface area contributed by atoms with Crippen molar-refractivity contribution in [3.63, 3.8) is 0 Å². The van der Waals surface area contributed by atoms with Gasteiger partial charge in [0.1, 0.15) is 6.54 Å². The maximum Gasteiger partial charge on any atom is 0.185 e. The first kappa shape index (κ1) is 14.6. The third-order valence-electron chi connectivity index (χ3n) is 2.82. The number of ketones is 1. The van der Waals surface area contributed by atoms with Crippen molar-refractivity contribution in [1.82, 2.24) is 9.78 Å². The van der Waals surface area contributed by atoms with Crippen molar-refractivity contribution in [3.05, 3.63) is 49.7 Å². The smallest absolute Gasteiger partial charge is 0.185 e. The van der Waals surface area contributed by atoms with Gasteiger partial charge in [0.2, 0.25) is 0 Å². The maximum atomic E-state index is 12.2. The molecule has 19 heavy (non-hydrogen) atoms. The maximum absolute atomic E-state index is 12.2. The van der Waals surface area contributed by atoms with Crippen molar-refractivity contribution in [3.8, 4) is 0 Å². The van der Waals surface area contributed by atoms with Crippen LogP contribution >= 0.6 is 39.1 Å². The molecule has 0 aliphatic heterocycles. The Morgan fingerprint density at radius 1 is 1.37 bits per heavy atom. The Morgan fingerprint density at radius 3 is 2.58 bits per heavy atom. The first-order valence-corrected chi connectivity index (χ1v) is 7.13. The average Bonchev–Trinajstić information content (AvgIpc) is 2.57. The molecule has 0 fully saturated rings. The fraction of sp³-hybridized carbons (Fsp3) is 0.231. The predicted octanol–water partition coefficient (Wildman–Crippen LogP) is 4.45. The van der Waals surface area contributed by atoms with E-state index < -0.39 is 0 Å². The topological polar surface area (TPSA) is 34.9 Å². The van der Waals surface area contributed by atoms with Gasteiger partial charge in [-0.3, -0.25) is 9.48 Å². The summed E-state index contributed by atoms with van der Waals surface area (Å²) in [7, 11) is 0. The fourth-order valence-corrected chi connectivity index (χ4v) is 2.56. The minimum atomic E-state index is -0.0974. The molecule has 0 bridgehead atoms. The van der Waals surface area contributed by atoms with Gasteiger partial charge in [-0.2, -0.15) is 5.10 Å². The molecular formula is C13H11BrCl2N2O. The molecule has 0 aliphatic carbocycles. The van der Waals surface area contributed by atoms with Crippen LogP contribution in [-0.4, -0.2) is 15.6 Å². The zero-order chi connectivity index (χ0) is 14.2. The van der Waals surface area contributed by atoms with Crippen molar-refractivity contribution in [2.75, 3.05) is 0 Å². The normalized spacial score (nSPS) is 10.8. The fourth-order valence-electron chi connectivity index (χ4n) is 1.77. The van der Waals surface area contributed by atoms with Crippen molar-refractivity contribution >= 4 is 44.9 Å². The van der Waals surface area contributed by atoms with Gasteiger partial charge in [-0.05, 0) is 48.0 Å². The molecule has 3 nitrogen and oxygen atoms in total. The molecule has 0 unspecified atom stereocenters. The van der Waals surface area contributed by atoms with E-state index in [1.165, 1.54) is 0 Å². The summed E-state index contributed by atoms with van der Waals surface area (Å²) in [5, 5.41) is 5.17. The lowest BCUT2D eigenvalue weighted by Crippen LogP contribution is -2.13. The Bertz CT molecular complexity index is 652. The number of hydrogen-bond acceptors (Lipinski definition) is 2. The highest BCUT2D eigenvalue weighted by atomic mass is 79.9. The molecule has 1 aromatic heterocycles. The van der Waals surface area contributed by atoms with Gasteiger partial charge in [-0.25, -0.2) is 0 Å². The minimum absolute atomic E-state index is 0.0974. The first-order valence-electron chi connectivity index (χ1n) is 5.58. The van der Waals surface area contributed by atoms with E-state index in [1.807, 2.05) is 13.8 Å². The largest absolute Gasteiger partial charge is 0.292 e. The lowest BCUT2D eigenvalue weighted by Gasteiger charge is -2.06. The Hall–Kier alpha value is -0.840. The van der Waals surface area contributed by atoms with E-state index in [0.29, 0.717) is 15.6 Å². The van der Waals surface area contributed by atoms with Crippen molar-refractivity contribution in [1.29, 1.82) is 0 Å². The second kappa shape index (κ2) is 5.65. The van der Waals surface area contributed by atoms with Gasteiger partial charge in [-0.15, -0.1) is 0 Å². The number of halogens is 3. The SMILES string of the molecule is Cc1nn(CC(=O)c2ccc(Cl)cc2Cl)c(C)c1Br. The molecule has 0 atom stereocenters. The summed E-state index contributed by atoms with van der Waals surface area (Å²) in [4.78, 5) is 12.2. The Kier molecular flexibility index (Phi) is 4.33. The molecular weight excluding hydrogens is 351 g/mol. The number of carbonyl (C=O) groups is 1. The van der Waals surface area contributed by atoms with Gasteiger partial charge in [0.15, 0.2) is 5.78 Å². The van der Waals surface area contributed by atoms with Crippen molar-refractivity contribution < 1.29 is 4.79 Å². The van der Waals surface area contributed by atoms with Crippen LogP contribution in [0.1, 0.15) is 21.7 Å². The molecule has 100 valence electrons. The van der Waals surface area contributed by atoms with Gasteiger partial charge in [0.25, 0.3) is 0 Å². The number of benzene rings is 1. The summed E-state index contributed by atoms with van der Waals surface area (Å²) in [6.45, 7) is 3.94. The zero-order valence-electron chi connectivity index (χ0n) is 10.4. The van der Waals surface area contributed by atoms with E-state index in [1.54, 1.807) is 22.9 Å². The van der Waals surface area contributed by atoms with Gasteiger partial charge < -0.3 is 0 Å². The molecule has 0 radical (unpaired) electrons. The van der Waals surface area contributed by atoms with Crippen LogP contribution in [0.25, 0.3) is 0 Å². The predicted molar refractivity (Wildman–Crippen MR) is 80.2 cm³/mol. The third kappa shape index (κ3) is 3.02. The van der Waals surface area contributed by atoms with Crippen LogP contribution < -0.4 is 0 Å². The molecule has 0 saturated heterocycles. The number of aromatic nitrogens is 2. The first-order chi connectivity index (χ1) is 8.90. The van der Waals surface area contributed by atoms with Gasteiger partial charge in [-0.1, -0.05) is 23.2 Å². The van der Waals surface area contributed by atoms with Crippen LogP contribution in [0.15, 0.2) is 22.7 Å². The van der Waals surface area contributed by atoms with Gasteiger partial charge in [0, 0.05) is 10.6 Å². The van der Waals surface area contributed by atoms with Crippen molar-refractivity contribution in [2.45, 2.75) is 20.4 Å². The second-order valence-corrected chi connectivity index (χ2v) is 5.83. The summed E-state index contributed by atoms with van der Waals surface area (Å²) >= 11 is 15.3. The van der Waals surface area contributed by atoms with Crippen LogP contribution in [-0.2, 0) is 6.54 Å². The van der Waals surface area contributed by atoms with Gasteiger partial charge in [0.05, 0.1) is 20.9 Å². The molecule has 0 N–H and O–H groups in total. The van der Waals surface area contributed by atoms with E-state index in [-0.39, 0.29) is 12.3 Å². The number of rotatable bonds is 3. The van der Waals surface area contributed by atoms with E-state index in [0.717, 1.165) is 15.9 Å². The molecule has 2 rings (SSSR count). The Morgan fingerprint density at radius 2 is 2.05 bits per heavy atom. The van der Waals surface area contributed by atoms with Crippen LogP contribution in [0, 0.1) is 13.8 Å². The van der Waals surface area contributed by atoms with E-state index in [4.69, 9.17) is 23.2 Å². The highest BCUT2D eigenvalue weighted by Crippen LogP contribution is 2.23. The summed E-state index contributed by atoms with van der Waals surface area (Å²) in [6.07, 6.45) is 0. The molecule has 0 amide bonds. The average molecular weight is 362 g/mol. The van der Waals surface area contributed by atoms with E-state index in [9.17, 15) is 4.79 Å². The summed E-state index contributed by atoms with van der Waals surface area (Å²) in [5.41, 5.74) is 2.22. The van der Waals surface area contributed by atoms with Crippen LogP contribution in [0.3, 0.4) is 0 Å². The molecule has 1 aromatic carbocycles. The zero-order valence-corrected chi connectivity index (χ0v) is 13.5. The molecule has 2 aromatic rings. The lowest BCUT2D eigenvalue weighted by molar-refractivity contribution is 0.0967. The number of aryl methyl sites for hydroxylation is 1. The second-order valence-electron chi connectivity index (χ2n) is 4.19. The monoisotopic (exact) mass is 360 g/mol. The number of nitrogens with zero attached hydrogens (tertiary/aromatic N) is 2. The third-order valence-corrected chi connectivity index (χ3v) is 4.51. The lowest BCUT2D eigenvalue weighted by atomic mass is 10.1. The molecule has 0 spiro atoms. The molecule has 1 heterocycles. The van der Waals surface area contributed by atoms with Gasteiger partial charge >= 0.3 is 0 Å². The summed E-state index contributed by atoms with van der Waals surface area (Å²) in [6, 6.07) is 4.85. The highest BCUT2D eigenvalue weighted by Gasteiger charge is 2.15. The van der Waals surface area contributed by atoms with Crippen LogP contribution in [0.2, 0.25) is 10.0 Å². The highest BCUT2D eigenvalue weighted by molar-refractivity contribution is 9.10. The van der Waals surface area contributed by atoms with Crippen molar-refractivity contribution in [2.24, 2.45) is 0 Å². The van der Waals surface area contributed by atoms with E-state index in [2.05, 4.69) is 21.0 Å². The quantitative estimate of drug-likeness (QED) is 0.757. The number of Topliss-reactive ketones (excluding diaryl/α,β-unsaturated/α-hetero) is 1. The number of hydrogen-bond donors (Lipinski definition) is 0. The van der Waals surface area contributed by atoms with Crippen LogP contribution in [0.5, 0.6) is 0 Å². The summed E-state index contributed by atoms with van der Waals surface area (Å²) < 4.78 is 2.58. The summed E-state index contributed by atoms with van der Waals surface area (Å²) in [5.74, 6) is -0.0974. The Labute approximate surface area is 129 Å². The standard InChI is InChI=1S/C13H11BrCl2N2O/c1-7-13(14)8(2)18(17-7)6-12(19)10-4-3-9(15)5-11(10)16/h3-5H,6H2,1-2H3.